The Morgan fingerprint density at radius 3 is 2.50 bits per heavy atom. The van der Waals surface area contributed by atoms with Crippen LogP contribution in [-0.2, 0) is 6.67 Å². The summed E-state index contributed by atoms with van der Waals surface area (Å²) in [7, 11) is 0. The van der Waals surface area contributed by atoms with Crippen molar-refractivity contribution in [2.24, 2.45) is 5.92 Å². The zero-order valence-electron chi connectivity index (χ0n) is 13.4. The van der Waals surface area contributed by atoms with Gasteiger partial charge in [-0.05, 0) is 12.0 Å². The minimum atomic E-state index is 0.00251. The normalized spacial score (nSPS) is 17.4. The van der Waals surface area contributed by atoms with Gasteiger partial charge in [0, 0.05) is 38.1 Å². The van der Waals surface area contributed by atoms with E-state index in [9.17, 15) is 4.79 Å². The van der Waals surface area contributed by atoms with Gasteiger partial charge in [-0.1, -0.05) is 32.0 Å². The Morgan fingerprint density at radius 1 is 1.09 bits per heavy atom. The van der Waals surface area contributed by atoms with Crippen molar-refractivity contribution in [1.82, 2.24) is 19.6 Å². The molecule has 1 aromatic carbocycles. The molecule has 0 atom stereocenters. The Kier molecular flexibility index (Phi) is 4.55. The molecule has 118 valence electrons. The van der Waals surface area contributed by atoms with Crippen LogP contribution >= 0.6 is 0 Å². The van der Waals surface area contributed by atoms with Crippen LogP contribution in [0.5, 0.6) is 0 Å². The Labute approximate surface area is 131 Å². The molecule has 0 spiro atoms. The van der Waals surface area contributed by atoms with Gasteiger partial charge in [0.15, 0.2) is 0 Å². The molecule has 22 heavy (non-hydrogen) atoms. The molecule has 0 saturated carbocycles. The highest BCUT2D eigenvalue weighted by Crippen LogP contribution is 2.08. The standard InChI is InChI=1S/C17H24N4O/c1-14(2)12-19-7-9-20(10-8-19)13-21-17(22)16-6-4-3-5-15(16)11-18-21/h3-6,11,14H,7-10,12-13H2,1-2H3. The lowest BCUT2D eigenvalue weighted by Gasteiger charge is -2.35. The Balaban J connectivity index is 1.67. The van der Waals surface area contributed by atoms with Crippen molar-refractivity contribution in [3.8, 4) is 0 Å². The molecule has 2 aromatic rings. The third kappa shape index (κ3) is 3.36. The van der Waals surface area contributed by atoms with Crippen molar-refractivity contribution in [1.29, 1.82) is 0 Å². The Bertz CT molecular complexity index is 686. The molecule has 5 nitrogen and oxygen atoms in total. The second-order valence-electron chi connectivity index (χ2n) is 6.49. The first kappa shape index (κ1) is 15.2. The fraction of sp³-hybridized carbons (Fsp3) is 0.529. The van der Waals surface area contributed by atoms with Crippen molar-refractivity contribution in [2.75, 3.05) is 32.7 Å². The van der Waals surface area contributed by atoms with Gasteiger partial charge in [-0.3, -0.25) is 9.69 Å². The zero-order chi connectivity index (χ0) is 15.5. The van der Waals surface area contributed by atoms with E-state index in [0.717, 1.165) is 43.5 Å². The number of aromatic nitrogens is 2. The van der Waals surface area contributed by atoms with Crippen LogP contribution < -0.4 is 5.56 Å². The van der Waals surface area contributed by atoms with Crippen molar-refractivity contribution in [3.05, 3.63) is 40.8 Å². The molecule has 0 unspecified atom stereocenters. The predicted octanol–water partition coefficient (Wildman–Crippen LogP) is 1.63. The average molecular weight is 300 g/mol. The van der Waals surface area contributed by atoms with Gasteiger partial charge >= 0.3 is 0 Å². The highest BCUT2D eigenvalue weighted by atomic mass is 16.1. The first-order valence-electron chi connectivity index (χ1n) is 8.03. The van der Waals surface area contributed by atoms with E-state index in [1.165, 1.54) is 0 Å². The largest absolute Gasteiger partial charge is 0.301 e. The lowest BCUT2D eigenvalue weighted by atomic mass is 10.2. The summed E-state index contributed by atoms with van der Waals surface area (Å²) in [4.78, 5) is 17.3. The number of hydrogen-bond acceptors (Lipinski definition) is 4. The van der Waals surface area contributed by atoms with E-state index < -0.39 is 0 Å². The monoisotopic (exact) mass is 300 g/mol. The molecule has 1 saturated heterocycles. The van der Waals surface area contributed by atoms with E-state index in [1.807, 2.05) is 24.3 Å². The van der Waals surface area contributed by atoms with Gasteiger partial charge in [-0.15, -0.1) is 0 Å². The zero-order valence-corrected chi connectivity index (χ0v) is 13.4. The molecule has 0 amide bonds. The number of piperazine rings is 1. The third-order valence-electron chi connectivity index (χ3n) is 4.18. The fourth-order valence-electron chi connectivity index (χ4n) is 3.05. The number of benzene rings is 1. The van der Waals surface area contributed by atoms with Gasteiger partial charge < -0.3 is 4.90 Å². The summed E-state index contributed by atoms with van der Waals surface area (Å²) >= 11 is 0. The van der Waals surface area contributed by atoms with E-state index >= 15 is 0 Å². The molecule has 0 aliphatic carbocycles. The maximum atomic E-state index is 12.5. The topological polar surface area (TPSA) is 41.4 Å². The molecule has 0 N–H and O–H groups in total. The Hall–Kier alpha value is -1.72. The van der Waals surface area contributed by atoms with E-state index in [2.05, 4.69) is 28.7 Å². The maximum absolute atomic E-state index is 12.5. The molecular weight excluding hydrogens is 276 g/mol. The summed E-state index contributed by atoms with van der Waals surface area (Å²) in [5, 5.41) is 5.97. The van der Waals surface area contributed by atoms with Crippen molar-refractivity contribution in [2.45, 2.75) is 20.5 Å². The van der Waals surface area contributed by atoms with Gasteiger partial charge in [0.25, 0.3) is 5.56 Å². The second kappa shape index (κ2) is 6.58. The van der Waals surface area contributed by atoms with E-state index in [0.29, 0.717) is 12.6 Å². The van der Waals surface area contributed by atoms with E-state index in [-0.39, 0.29) is 5.56 Å². The summed E-state index contributed by atoms with van der Waals surface area (Å²) in [5.74, 6) is 0.705. The smallest absolute Gasteiger partial charge is 0.275 e. The van der Waals surface area contributed by atoms with Crippen molar-refractivity contribution in [3.63, 3.8) is 0 Å². The molecule has 1 aliphatic heterocycles. The van der Waals surface area contributed by atoms with Crippen LogP contribution in [0.2, 0.25) is 0 Å². The molecule has 1 aromatic heterocycles. The quantitative estimate of drug-likeness (QED) is 0.860. The highest BCUT2D eigenvalue weighted by Gasteiger charge is 2.18. The molecule has 5 heteroatoms. The van der Waals surface area contributed by atoms with E-state index in [4.69, 9.17) is 0 Å². The molecule has 0 radical (unpaired) electrons. The van der Waals surface area contributed by atoms with Crippen molar-refractivity contribution < 1.29 is 0 Å². The first-order valence-corrected chi connectivity index (χ1v) is 8.03. The second-order valence-corrected chi connectivity index (χ2v) is 6.49. The number of hydrogen-bond donors (Lipinski definition) is 0. The molecule has 0 bridgehead atoms. The molecule has 1 fully saturated rings. The predicted molar refractivity (Wildman–Crippen MR) is 88.9 cm³/mol. The SMILES string of the molecule is CC(C)CN1CCN(Cn2ncc3ccccc3c2=O)CC1. The van der Waals surface area contributed by atoms with Gasteiger partial charge in [0.05, 0.1) is 18.3 Å². The van der Waals surface area contributed by atoms with Crippen LogP contribution in [0.15, 0.2) is 35.3 Å². The minimum absolute atomic E-state index is 0.00251. The van der Waals surface area contributed by atoms with Crippen LogP contribution in [-0.4, -0.2) is 52.3 Å². The maximum Gasteiger partial charge on any atom is 0.275 e. The number of fused-ring (bicyclic) bond motifs is 1. The highest BCUT2D eigenvalue weighted by molar-refractivity contribution is 5.80. The van der Waals surface area contributed by atoms with Gasteiger partial charge in [0.1, 0.15) is 0 Å². The van der Waals surface area contributed by atoms with Crippen LogP contribution in [0.1, 0.15) is 13.8 Å². The summed E-state index contributed by atoms with van der Waals surface area (Å²) in [6.45, 7) is 10.4. The van der Waals surface area contributed by atoms with Gasteiger partial charge in [0.2, 0.25) is 0 Å². The van der Waals surface area contributed by atoms with Crippen LogP contribution in [0, 0.1) is 5.92 Å². The third-order valence-corrected chi connectivity index (χ3v) is 4.18. The van der Waals surface area contributed by atoms with Gasteiger partial charge in [-0.25, -0.2) is 4.68 Å². The van der Waals surface area contributed by atoms with Crippen LogP contribution in [0.4, 0.5) is 0 Å². The average Bonchev–Trinajstić information content (AvgIpc) is 2.52. The fourth-order valence-corrected chi connectivity index (χ4v) is 3.05. The lowest BCUT2D eigenvalue weighted by molar-refractivity contribution is 0.0942. The summed E-state index contributed by atoms with van der Waals surface area (Å²) in [5.41, 5.74) is 0.00251. The lowest BCUT2D eigenvalue weighted by Crippen LogP contribution is -2.48. The van der Waals surface area contributed by atoms with Crippen LogP contribution in [0.25, 0.3) is 10.8 Å². The number of rotatable bonds is 4. The molecule has 2 heterocycles. The Morgan fingerprint density at radius 2 is 1.77 bits per heavy atom. The minimum Gasteiger partial charge on any atom is -0.301 e. The van der Waals surface area contributed by atoms with Gasteiger partial charge in [-0.2, -0.15) is 5.10 Å². The first-order chi connectivity index (χ1) is 10.6. The van der Waals surface area contributed by atoms with Crippen LogP contribution in [0.3, 0.4) is 0 Å². The number of nitrogens with zero attached hydrogens (tertiary/aromatic N) is 4. The summed E-state index contributed by atoms with van der Waals surface area (Å²) in [6.07, 6.45) is 1.78. The summed E-state index contributed by atoms with van der Waals surface area (Å²) < 4.78 is 1.58. The van der Waals surface area contributed by atoms with Crippen molar-refractivity contribution >= 4 is 10.8 Å². The molecular formula is C17H24N4O. The van der Waals surface area contributed by atoms with E-state index in [1.54, 1.807) is 10.9 Å². The molecule has 1 aliphatic rings. The summed E-state index contributed by atoms with van der Waals surface area (Å²) in [6, 6.07) is 7.63. The molecule has 3 rings (SSSR count).